The molecule has 1 aliphatic heterocycles. The van der Waals surface area contributed by atoms with Crippen LogP contribution in [0, 0.1) is 0 Å². The maximum atomic E-state index is 12.3. The lowest BCUT2D eigenvalue weighted by Crippen LogP contribution is -2.38. The molecule has 0 fully saturated rings. The van der Waals surface area contributed by atoms with Crippen molar-refractivity contribution in [3.8, 4) is 0 Å². The summed E-state index contributed by atoms with van der Waals surface area (Å²) in [7, 11) is 1.81. The average Bonchev–Trinajstić information content (AvgIpc) is 2.87. The quantitative estimate of drug-likeness (QED) is 0.855. The van der Waals surface area contributed by atoms with E-state index in [0.29, 0.717) is 12.6 Å². The van der Waals surface area contributed by atoms with Crippen molar-refractivity contribution in [2.45, 2.75) is 19.5 Å². The molecule has 3 rings (SSSR count). The molecule has 0 aliphatic carbocycles. The van der Waals surface area contributed by atoms with Crippen molar-refractivity contribution in [2.75, 3.05) is 6.54 Å². The minimum Gasteiger partial charge on any atom is -0.352 e. The van der Waals surface area contributed by atoms with Crippen molar-refractivity contribution >= 4 is 16.9 Å². The van der Waals surface area contributed by atoms with Gasteiger partial charge in [0.25, 0.3) is 5.56 Å². The van der Waals surface area contributed by atoms with Gasteiger partial charge in [-0.1, -0.05) is 18.2 Å². The van der Waals surface area contributed by atoms with Crippen LogP contribution in [-0.4, -0.2) is 23.1 Å². The first kappa shape index (κ1) is 12.7. The summed E-state index contributed by atoms with van der Waals surface area (Å²) in [6, 6.07) is 10.2. The van der Waals surface area contributed by atoms with Gasteiger partial charge in [0.2, 0.25) is 0 Å². The molecule has 1 aromatic heterocycles. The van der Waals surface area contributed by atoms with Crippen molar-refractivity contribution in [2.24, 2.45) is 12.0 Å². The first-order chi connectivity index (χ1) is 9.65. The largest absolute Gasteiger partial charge is 0.352 e. The second-order valence-electron chi connectivity index (χ2n) is 5.18. The number of nitrogens with zero attached hydrogens (tertiary/aromatic N) is 2. The molecule has 5 nitrogen and oxygen atoms in total. The van der Waals surface area contributed by atoms with E-state index in [0.717, 1.165) is 29.0 Å². The van der Waals surface area contributed by atoms with Gasteiger partial charge in [-0.15, -0.1) is 0 Å². The number of pyridine rings is 1. The van der Waals surface area contributed by atoms with Crippen LogP contribution in [0.5, 0.6) is 0 Å². The minimum absolute atomic E-state index is 0.0304. The molecule has 2 aromatic rings. The van der Waals surface area contributed by atoms with Crippen molar-refractivity contribution in [3.05, 3.63) is 46.2 Å². The number of para-hydroxylation sites is 1. The van der Waals surface area contributed by atoms with Crippen molar-refractivity contribution in [1.82, 2.24) is 15.2 Å². The zero-order valence-corrected chi connectivity index (χ0v) is 11.7. The molecule has 0 bridgehead atoms. The lowest BCUT2D eigenvalue weighted by atomic mass is 10.1. The second kappa shape index (κ2) is 5.00. The number of guanidine groups is 1. The SMILES string of the molecule is CC1CN=C(NCc2cc3ccccc3n(C)c2=O)N1. The number of aliphatic imine (C=N–C) groups is 1. The second-order valence-corrected chi connectivity index (χ2v) is 5.18. The predicted molar refractivity (Wildman–Crippen MR) is 80.9 cm³/mol. The third-order valence-electron chi connectivity index (χ3n) is 3.56. The number of nitrogens with one attached hydrogen (secondary N) is 2. The van der Waals surface area contributed by atoms with E-state index in [4.69, 9.17) is 0 Å². The Morgan fingerprint density at radius 2 is 2.25 bits per heavy atom. The van der Waals surface area contributed by atoms with Crippen LogP contribution in [0.15, 0.2) is 40.1 Å². The highest BCUT2D eigenvalue weighted by atomic mass is 16.1. The lowest BCUT2D eigenvalue weighted by Gasteiger charge is -2.11. The highest BCUT2D eigenvalue weighted by Gasteiger charge is 2.13. The summed E-state index contributed by atoms with van der Waals surface area (Å²) >= 11 is 0. The normalized spacial score (nSPS) is 17.9. The Balaban J connectivity index is 1.88. The third kappa shape index (κ3) is 2.27. The molecule has 2 N–H and O–H groups in total. The van der Waals surface area contributed by atoms with E-state index in [1.807, 2.05) is 37.4 Å². The Morgan fingerprint density at radius 1 is 1.45 bits per heavy atom. The Morgan fingerprint density at radius 3 is 3.00 bits per heavy atom. The summed E-state index contributed by atoms with van der Waals surface area (Å²) in [6.07, 6.45) is 0. The molecule has 0 saturated heterocycles. The minimum atomic E-state index is 0.0304. The Hall–Kier alpha value is -2.30. The molecule has 2 heterocycles. The standard InChI is InChI=1S/C15H18N4O/c1-10-8-16-15(18-10)17-9-12-7-11-5-3-4-6-13(11)19(2)14(12)20/h3-7,10H,8-9H2,1-2H3,(H2,16,17,18). The molecule has 0 spiro atoms. The molecule has 1 aliphatic rings. The van der Waals surface area contributed by atoms with Gasteiger partial charge >= 0.3 is 0 Å². The van der Waals surface area contributed by atoms with Crippen molar-refractivity contribution < 1.29 is 0 Å². The Kier molecular flexibility index (Phi) is 3.18. The number of aryl methyl sites for hydroxylation is 1. The van der Waals surface area contributed by atoms with Crippen LogP contribution < -0.4 is 16.2 Å². The number of aromatic nitrogens is 1. The van der Waals surface area contributed by atoms with Crippen LogP contribution in [0.4, 0.5) is 0 Å². The average molecular weight is 270 g/mol. The van der Waals surface area contributed by atoms with Gasteiger partial charge < -0.3 is 15.2 Å². The summed E-state index contributed by atoms with van der Waals surface area (Å²) in [5.41, 5.74) is 1.73. The fourth-order valence-corrected chi connectivity index (χ4v) is 2.45. The molecule has 20 heavy (non-hydrogen) atoms. The van der Waals surface area contributed by atoms with Crippen LogP contribution in [-0.2, 0) is 13.6 Å². The lowest BCUT2D eigenvalue weighted by molar-refractivity contribution is 0.712. The summed E-state index contributed by atoms with van der Waals surface area (Å²) in [6.45, 7) is 3.33. The molecule has 0 amide bonds. The summed E-state index contributed by atoms with van der Waals surface area (Å²) in [5.74, 6) is 0.771. The molecule has 1 atom stereocenters. The van der Waals surface area contributed by atoms with E-state index < -0.39 is 0 Å². The number of hydrogen-bond donors (Lipinski definition) is 2. The van der Waals surface area contributed by atoms with Crippen molar-refractivity contribution in [3.63, 3.8) is 0 Å². The molecule has 5 heteroatoms. The van der Waals surface area contributed by atoms with Crippen LogP contribution in [0.3, 0.4) is 0 Å². The van der Waals surface area contributed by atoms with E-state index in [1.54, 1.807) is 4.57 Å². The van der Waals surface area contributed by atoms with E-state index in [1.165, 1.54) is 0 Å². The fraction of sp³-hybridized carbons (Fsp3) is 0.333. The van der Waals surface area contributed by atoms with Gasteiger partial charge in [-0.2, -0.15) is 0 Å². The van der Waals surface area contributed by atoms with Crippen LogP contribution in [0.2, 0.25) is 0 Å². The zero-order chi connectivity index (χ0) is 14.1. The fourth-order valence-electron chi connectivity index (χ4n) is 2.45. The first-order valence-corrected chi connectivity index (χ1v) is 6.77. The van der Waals surface area contributed by atoms with Gasteiger partial charge in [0.05, 0.1) is 12.1 Å². The van der Waals surface area contributed by atoms with E-state index in [2.05, 4.69) is 22.5 Å². The highest BCUT2D eigenvalue weighted by molar-refractivity contribution is 5.82. The molecule has 104 valence electrons. The Labute approximate surface area is 117 Å². The monoisotopic (exact) mass is 270 g/mol. The van der Waals surface area contributed by atoms with Crippen LogP contribution in [0.25, 0.3) is 10.9 Å². The van der Waals surface area contributed by atoms with Gasteiger partial charge in [-0.3, -0.25) is 9.79 Å². The number of rotatable bonds is 2. The number of hydrogen-bond acceptors (Lipinski definition) is 4. The Bertz CT molecular complexity index is 732. The zero-order valence-electron chi connectivity index (χ0n) is 11.7. The van der Waals surface area contributed by atoms with E-state index in [9.17, 15) is 4.79 Å². The van der Waals surface area contributed by atoms with Gasteiger partial charge in [0.1, 0.15) is 0 Å². The highest BCUT2D eigenvalue weighted by Crippen LogP contribution is 2.12. The summed E-state index contributed by atoms with van der Waals surface area (Å²) in [4.78, 5) is 16.6. The molecular formula is C15H18N4O. The van der Waals surface area contributed by atoms with Crippen LogP contribution in [0.1, 0.15) is 12.5 Å². The summed E-state index contributed by atoms with van der Waals surface area (Å²) in [5, 5.41) is 7.48. The third-order valence-corrected chi connectivity index (χ3v) is 3.56. The summed E-state index contributed by atoms with van der Waals surface area (Å²) < 4.78 is 1.69. The number of benzene rings is 1. The van der Waals surface area contributed by atoms with E-state index >= 15 is 0 Å². The maximum absolute atomic E-state index is 12.3. The maximum Gasteiger partial charge on any atom is 0.255 e. The van der Waals surface area contributed by atoms with Gasteiger partial charge in [0, 0.05) is 25.2 Å². The molecule has 1 unspecified atom stereocenters. The molecule has 0 radical (unpaired) electrons. The topological polar surface area (TPSA) is 58.4 Å². The smallest absolute Gasteiger partial charge is 0.255 e. The van der Waals surface area contributed by atoms with Gasteiger partial charge in [-0.05, 0) is 24.4 Å². The van der Waals surface area contributed by atoms with Gasteiger partial charge in [-0.25, -0.2) is 0 Å². The molecule has 0 saturated carbocycles. The van der Waals surface area contributed by atoms with Crippen LogP contribution >= 0.6 is 0 Å². The van der Waals surface area contributed by atoms with Gasteiger partial charge in [0.15, 0.2) is 5.96 Å². The van der Waals surface area contributed by atoms with E-state index in [-0.39, 0.29) is 5.56 Å². The first-order valence-electron chi connectivity index (χ1n) is 6.77. The molecule has 1 aromatic carbocycles. The number of fused-ring (bicyclic) bond motifs is 1. The van der Waals surface area contributed by atoms with Crippen molar-refractivity contribution in [1.29, 1.82) is 0 Å². The predicted octanol–water partition coefficient (Wildman–Crippen LogP) is 0.976. The molecular weight excluding hydrogens is 252 g/mol.